The molecule has 4 heterocycles. The maximum atomic E-state index is 6.57. The molecule has 7 heteroatoms. The summed E-state index contributed by atoms with van der Waals surface area (Å²) < 4.78 is 2.22. The first-order valence-corrected chi connectivity index (χ1v) is 11.6. The van der Waals surface area contributed by atoms with Gasteiger partial charge >= 0.3 is 0 Å². The monoisotopic (exact) mass is 473 g/mol. The Morgan fingerprint density at radius 2 is 1.85 bits per heavy atom. The SMILES string of the molecule is Cc1cc(C2C(c3ccccn3)NC(=S)N2Cc2cccnc2)c(C)n1-c1ccccc1Cl. The van der Waals surface area contributed by atoms with Crippen LogP contribution in [-0.4, -0.2) is 24.5 Å². The quantitative estimate of drug-likeness (QED) is 0.376. The Hall–Kier alpha value is -3.22. The summed E-state index contributed by atoms with van der Waals surface area (Å²) in [6.45, 7) is 4.91. The first-order chi connectivity index (χ1) is 16.0. The summed E-state index contributed by atoms with van der Waals surface area (Å²) in [5.74, 6) is 0. The van der Waals surface area contributed by atoms with Gasteiger partial charge in [-0.3, -0.25) is 9.97 Å². The fourth-order valence-electron chi connectivity index (χ4n) is 4.69. The summed E-state index contributed by atoms with van der Waals surface area (Å²) in [5, 5.41) is 4.97. The first-order valence-electron chi connectivity index (χ1n) is 10.9. The second-order valence-corrected chi connectivity index (χ2v) is 9.02. The summed E-state index contributed by atoms with van der Waals surface area (Å²) in [5.41, 5.74) is 6.49. The molecule has 0 saturated carbocycles. The molecule has 2 atom stereocenters. The van der Waals surface area contributed by atoms with Crippen LogP contribution in [0.15, 0.2) is 79.3 Å². The second kappa shape index (κ2) is 8.96. The minimum Gasteiger partial charge on any atom is -0.352 e. The number of thiocarbonyl (C=S) groups is 1. The van der Waals surface area contributed by atoms with Crippen molar-refractivity contribution >= 4 is 28.9 Å². The maximum Gasteiger partial charge on any atom is 0.170 e. The molecule has 1 saturated heterocycles. The van der Waals surface area contributed by atoms with Crippen molar-refractivity contribution in [3.8, 4) is 5.69 Å². The number of hydrogen-bond acceptors (Lipinski definition) is 3. The van der Waals surface area contributed by atoms with Gasteiger partial charge in [-0.25, -0.2) is 0 Å². The van der Waals surface area contributed by atoms with Crippen LogP contribution in [0, 0.1) is 13.8 Å². The van der Waals surface area contributed by atoms with Crippen LogP contribution in [0.4, 0.5) is 0 Å². The Balaban J connectivity index is 1.63. The van der Waals surface area contributed by atoms with Gasteiger partial charge in [-0.15, -0.1) is 0 Å². The number of halogens is 1. The highest BCUT2D eigenvalue weighted by molar-refractivity contribution is 7.80. The number of aryl methyl sites for hydroxylation is 1. The summed E-state index contributed by atoms with van der Waals surface area (Å²) in [4.78, 5) is 11.2. The molecular formula is C26H24ClN5S. The Bertz CT molecular complexity index is 1290. The Labute approximate surface area is 204 Å². The molecule has 5 rings (SSSR count). The van der Waals surface area contributed by atoms with Crippen LogP contribution in [0.25, 0.3) is 5.69 Å². The summed E-state index contributed by atoms with van der Waals surface area (Å²) in [7, 11) is 0. The predicted molar refractivity (Wildman–Crippen MR) is 135 cm³/mol. The fraction of sp³-hybridized carbons (Fsp3) is 0.192. The number of nitrogens with zero attached hydrogens (tertiary/aromatic N) is 4. The number of nitrogens with one attached hydrogen (secondary N) is 1. The van der Waals surface area contributed by atoms with Gasteiger partial charge in [-0.05, 0) is 73.6 Å². The second-order valence-electron chi connectivity index (χ2n) is 8.23. The van der Waals surface area contributed by atoms with Crippen molar-refractivity contribution in [1.29, 1.82) is 0 Å². The number of para-hydroxylation sites is 1. The van der Waals surface area contributed by atoms with Crippen LogP contribution < -0.4 is 5.32 Å². The van der Waals surface area contributed by atoms with E-state index < -0.39 is 0 Å². The highest BCUT2D eigenvalue weighted by Crippen LogP contribution is 2.42. The highest BCUT2D eigenvalue weighted by Gasteiger charge is 2.41. The molecule has 0 aliphatic carbocycles. The molecule has 0 amide bonds. The zero-order valence-electron chi connectivity index (χ0n) is 18.4. The third-order valence-electron chi connectivity index (χ3n) is 6.16. The smallest absolute Gasteiger partial charge is 0.170 e. The maximum absolute atomic E-state index is 6.57. The summed E-state index contributed by atoms with van der Waals surface area (Å²) in [6, 6.07) is 20.1. The standard InChI is InChI=1S/C26H24ClN5S/c1-17-14-20(18(2)32(17)23-11-4-3-9-21(23)27)25-24(22-10-5-6-13-29-22)30-26(33)31(25)16-19-8-7-12-28-15-19/h3-15,24-25H,16H2,1-2H3,(H,30,33). The third kappa shape index (κ3) is 4.01. The van der Waals surface area contributed by atoms with Gasteiger partial charge in [-0.1, -0.05) is 35.9 Å². The minimum absolute atomic E-state index is 0.0324. The van der Waals surface area contributed by atoms with Crippen molar-refractivity contribution in [2.45, 2.75) is 32.5 Å². The molecule has 0 bridgehead atoms. The average molecular weight is 474 g/mol. The molecule has 1 N–H and O–H groups in total. The molecule has 3 aromatic heterocycles. The summed E-state index contributed by atoms with van der Waals surface area (Å²) in [6.07, 6.45) is 5.50. The number of hydrogen-bond donors (Lipinski definition) is 1. The molecule has 2 unspecified atom stereocenters. The molecular weight excluding hydrogens is 450 g/mol. The lowest BCUT2D eigenvalue weighted by molar-refractivity contribution is 0.310. The van der Waals surface area contributed by atoms with Gasteiger partial charge in [0.15, 0.2) is 5.11 Å². The molecule has 4 aromatic rings. The molecule has 0 spiro atoms. The van der Waals surface area contributed by atoms with E-state index in [1.807, 2.05) is 60.9 Å². The third-order valence-corrected chi connectivity index (χ3v) is 6.83. The van der Waals surface area contributed by atoms with E-state index in [1.54, 1.807) is 6.20 Å². The van der Waals surface area contributed by atoms with Crippen LogP contribution >= 0.6 is 23.8 Å². The van der Waals surface area contributed by atoms with Gasteiger partial charge in [-0.2, -0.15) is 0 Å². The van der Waals surface area contributed by atoms with E-state index in [4.69, 9.17) is 23.8 Å². The Morgan fingerprint density at radius 3 is 2.58 bits per heavy atom. The molecule has 1 aromatic carbocycles. The van der Waals surface area contributed by atoms with E-state index in [1.165, 1.54) is 5.56 Å². The van der Waals surface area contributed by atoms with Crippen LogP contribution in [0.5, 0.6) is 0 Å². The van der Waals surface area contributed by atoms with Crippen molar-refractivity contribution in [3.63, 3.8) is 0 Å². The lowest BCUT2D eigenvalue weighted by atomic mass is 9.96. The van der Waals surface area contributed by atoms with Gasteiger partial charge < -0.3 is 14.8 Å². The molecule has 1 fully saturated rings. The van der Waals surface area contributed by atoms with Gasteiger partial charge in [0, 0.05) is 36.5 Å². The normalized spacial score (nSPS) is 17.9. The van der Waals surface area contributed by atoms with E-state index in [2.05, 4.69) is 50.7 Å². The van der Waals surface area contributed by atoms with Gasteiger partial charge in [0.1, 0.15) is 0 Å². The molecule has 1 aliphatic heterocycles. The van der Waals surface area contributed by atoms with E-state index >= 15 is 0 Å². The highest BCUT2D eigenvalue weighted by atomic mass is 35.5. The lowest BCUT2D eigenvalue weighted by Gasteiger charge is -2.28. The van der Waals surface area contributed by atoms with Crippen LogP contribution in [-0.2, 0) is 6.54 Å². The predicted octanol–water partition coefficient (Wildman–Crippen LogP) is 5.71. The van der Waals surface area contributed by atoms with E-state index in [-0.39, 0.29) is 12.1 Å². The van der Waals surface area contributed by atoms with Gasteiger partial charge in [0.2, 0.25) is 0 Å². The van der Waals surface area contributed by atoms with Crippen LogP contribution in [0.1, 0.15) is 40.3 Å². The zero-order valence-corrected chi connectivity index (χ0v) is 20.0. The van der Waals surface area contributed by atoms with Gasteiger partial charge in [0.05, 0.1) is 28.5 Å². The number of pyridine rings is 2. The molecule has 33 heavy (non-hydrogen) atoms. The zero-order chi connectivity index (χ0) is 22.9. The fourth-order valence-corrected chi connectivity index (χ4v) is 5.22. The summed E-state index contributed by atoms with van der Waals surface area (Å²) >= 11 is 12.4. The molecule has 1 aliphatic rings. The lowest BCUT2D eigenvalue weighted by Crippen LogP contribution is -2.29. The number of aromatic nitrogens is 3. The van der Waals surface area contributed by atoms with Crippen molar-refractivity contribution in [2.24, 2.45) is 0 Å². The van der Waals surface area contributed by atoms with Crippen LogP contribution in [0.3, 0.4) is 0 Å². The molecule has 5 nitrogen and oxygen atoms in total. The largest absolute Gasteiger partial charge is 0.352 e. The minimum atomic E-state index is -0.0735. The van der Waals surface area contributed by atoms with Crippen molar-refractivity contribution in [2.75, 3.05) is 0 Å². The molecule has 166 valence electrons. The van der Waals surface area contributed by atoms with Crippen molar-refractivity contribution in [3.05, 3.63) is 112 Å². The first kappa shape index (κ1) is 21.6. The van der Waals surface area contributed by atoms with E-state index in [0.717, 1.165) is 33.4 Å². The number of benzene rings is 1. The average Bonchev–Trinajstić information content (AvgIpc) is 3.30. The van der Waals surface area contributed by atoms with Crippen molar-refractivity contribution in [1.82, 2.24) is 24.8 Å². The van der Waals surface area contributed by atoms with E-state index in [9.17, 15) is 0 Å². The molecule has 0 radical (unpaired) electrons. The Kier molecular flexibility index (Phi) is 5.87. The van der Waals surface area contributed by atoms with Crippen LogP contribution in [0.2, 0.25) is 5.02 Å². The topological polar surface area (TPSA) is 46.0 Å². The van der Waals surface area contributed by atoms with Gasteiger partial charge in [0.25, 0.3) is 0 Å². The van der Waals surface area contributed by atoms with Crippen molar-refractivity contribution < 1.29 is 0 Å². The number of rotatable bonds is 5. The van der Waals surface area contributed by atoms with E-state index in [0.29, 0.717) is 11.7 Å². The Morgan fingerprint density at radius 1 is 1.03 bits per heavy atom.